The molecule has 31 heteroatoms. The number of amides is 3. The molecule has 0 fully saturated rings. The first-order chi connectivity index (χ1) is 43.1. The first kappa shape index (κ1) is 75.7. The highest BCUT2D eigenvalue weighted by Gasteiger charge is 2.29. The highest BCUT2D eigenvalue weighted by atomic mass is 35.5. The number of nitrogens with one attached hydrogen (secondary N) is 4. The molecule has 0 aliphatic carbocycles. The lowest BCUT2D eigenvalue weighted by Crippen LogP contribution is -2.47. The maximum Gasteiger partial charge on any atom is 0.408 e. The van der Waals surface area contributed by atoms with Gasteiger partial charge in [-0.3, -0.25) is 39.9 Å². The minimum Gasteiger partial charge on any atom is -0.479 e. The molecule has 0 aliphatic rings. The summed E-state index contributed by atoms with van der Waals surface area (Å²) in [5.41, 5.74) is 12.9. The van der Waals surface area contributed by atoms with Crippen LogP contribution in [0.25, 0.3) is 22.3 Å². The van der Waals surface area contributed by atoms with E-state index in [1.54, 1.807) is 97.0 Å². The molecular weight excluding hydrogens is 1270 g/mol. The van der Waals surface area contributed by atoms with Gasteiger partial charge in [0.25, 0.3) is 11.8 Å². The Hall–Kier alpha value is -8.74. The summed E-state index contributed by atoms with van der Waals surface area (Å²) >= 11 is 17.2. The van der Waals surface area contributed by atoms with Crippen molar-refractivity contribution >= 4 is 88.2 Å². The molecule has 0 aliphatic heterocycles. The number of carbonyl (C=O) groups excluding carboxylic acids is 7. The average molecular weight is 1340 g/mol. The number of hydrogen-bond donors (Lipinski definition) is 9. The number of esters is 2. The van der Waals surface area contributed by atoms with Gasteiger partial charge < -0.3 is 45.7 Å². The van der Waals surface area contributed by atoms with Gasteiger partial charge >= 0.3 is 30.0 Å². The summed E-state index contributed by atoms with van der Waals surface area (Å²) < 4.78 is 44.3. The fraction of sp³-hybridized carbons (Fsp3) is 0.361. The van der Waals surface area contributed by atoms with Crippen molar-refractivity contribution in [1.82, 2.24) is 46.2 Å². The van der Waals surface area contributed by atoms with E-state index in [0.29, 0.717) is 37.9 Å². The Bertz CT molecular complexity index is 3570. The number of ether oxygens (including phenoxy) is 3. The van der Waals surface area contributed by atoms with E-state index in [0.717, 1.165) is 9.69 Å². The molecular formula is C61H71Cl3F2N10O16. The van der Waals surface area contributed by atoms with Gasteiger partial charge in [-0.2, -0.15) is 10.2 Å². The number of aliphatic hydroxyl groups is 2. The molecule has 0 saturated carbocycles. The van der Waals surface area contributed by atoms with Gasteiger partial charge in [0.15, 0.2) is 36.6 Å². The van der Waals surface area contributed by atoms with Gasteiger partial charge in [-0.15, -0.1) is 0 Å². The van der Waals surface area contributed by atoms with E-state index in [4.69, 9.17) is 55.1 Å². The minimum absolute atomic E-state index is 0.0122. The molecule has 0 saturated heterocycles. The molecule has 4 aromatic carbocycles. The summed E-state index contributed by atoms with van der Waals surface area (Å²) in [4.78, 5) is 107. The lowest BCUT2D eigenvalue weighted by atomic mass is 10.0. The number of halogens is 5. The lowest BCUT2D eigenvalue weighted by Gasteiger charge is -2.24. The first-order valence-electron chi connectivity index (χ1n) is 27.9. The Morgan fingerprint density at radius 1 is 0.663 bits per heavy atom. The van der Waals surface area contributed by atoms with Crippen LogP contribution in [0, 0.1) is 23.5 Å². The summed E-state index contributed by atoms with van der Waals surface area (Å²) in [5.74, 6) is -7.79. The van der Waals surface area contributed by atoms with Crippen molar-refractivity contribution in [2.45, 2.75) is 112 Å². The van der Waals surface area contributed by atoms with E-state index < -0.39 is 109 Å². The quantitative estimate of drug-likeness (QED) is 0.00831. The molecule has 10 N–H and O–H groups in total. The fourth-order valence-corrected chi connectivity index (χ4v) is 8.24. The second-order valence-corrected chi connectivity index (χ2v) is 23.1. The number of rotatable bonds is 26. The number of ketones is 2. The second kappa shape index (κ2) is 35.2. The van der Waals surface area contributed by atoms with Crippen LogP contribution >= 0.6 is 34.8 Å². The number of alkyl halides is 1. The van der Waals surface area contributed by atoms with Crippen molar-refractivity contribution in [2.75, 3.05) is 19.2 Å². The number of hydrogen-bond acceptors (Lipinski definition) is 19. The molecule has 4 atom stereocenters. The molecule has 6 aromatic rings. The zero-order chi connectivity index (χ0) is 68.9. The summed E-state index contributed by atoms with van der Waals surface area (Å²) in [7, 11) is 0. The highest BCUT2D eigenvalue weighted by molar-refractivity contribution is 6.31. The normalized spacial score (nSPS) is 12.5. The Morgan fingerprint density at radius 3 is 1.53 bits per heavy atom. The zero-order valence-corrected chi connectivity index (χ0v) is 53.6. The molecule has 2 heterocycles. The Balaban J connectivity index is 0.000000320. The van der Waals surface area contributed by atoms with Crippen LogP contribution < -0.4 is 21.9 Å². The molecule has 2 aromatic heterocycles. The van der Waals surface area contributed by atoms with Gasteiger partial charge in [0.05, 0.1) is 13.1 Å². The standard InChI is InChI=1S/C28H31ClFN5O7.C22H20ClFN4O5.C11H20ClNO4/c1-15(2)25(31)28(41)42-14-35-23(11-22(32-35)16(3)36)26(38)33-34(13-24(37)27(39)40)12-17-4-6-18(7-5-17)20-10-19(29)8-9-21(20)30;1-12(29)18-9-19(26-25-18)21(31)27-28(11-20(30)22(32)33)10-13-2-4-14(5-3-13)16-8-15(23)6-7-17(16)24;1-7(2)8(9(14)16-6-12)13-10(15)17-11(3,4)5/h4-11,15,24-25,37H,12-14,31H2,1-3H3,(H,33,38)(H,39,40);2-9,20,30H,10-11H2,1H3,(H,25,26)(H,27,31)(H,32,33);7-8H,6H2,1-5H3,(H,13,15)/t24-,25+;20-;8-/m110/s1. The number of carboxylic acids is 2. The maximum atomic E-state index is 14.3. The van der Waals surface area contributed by atoms with Crippen molar-refractivity contribution in [3.8, 4) is 22.3 Å². The summed E-state index contributed by atoms with van der Waals surface area (Å²) in [6, 6.07) is 22.1. The highest BCUT2D eigenvalue weighted by Crippen LogP contribution is 2.28. The van der Waals surface area contributed by atoms with Crippen LogP contribution in [0.3, 0.4) is 0 Å². The van der Waals surface area contributed by atoms with Gasteiger partial charge in [-0.25, -0.2) is 42.7 Å². The van der Waals surface area contributed by atoms with Crippen LogP contribution in [0.5, 0.6) is 0 Å². The van der Waals surface area contributed by atoms with Crippen LogP contribution in [0.2, 0.25) is 10.0 Å². The van der Waals surface area contributed by atoms with Crippen LogP contribution in [-0.2, 0) is 53.2 Å². The van der Waals surface area contributed by atoms with Crippen LogP contribution in [0.4, 0.5) is 13.6 Å². The van der Waals surface area contributed by atoms with Crippen LogP contribution in [0.1, 0.15) is 115 Å². The number of H-pyrrole nitrogens is 1. The predicted octanol–water partition coefficient (Wildman–Crippen LogP) is 7.56. The van der Waals surface area contributed by atoms with E-state index >= 15 is 0 Å². The van der Waals surface area contributed by atoms with E-state index in [-0.39, 0.29) is 65.1 Å². The number of aliphatic hydroxyl groups excluding tert-OH is 2. The Morgan fingerprint density at radius 2 is 1.13 bits per heavy atom. The average Bonchev–Trinajstić information content (AvgIpc) is 1.64. The number of alkyl carbamates (subject to hydrolysis) is 1. The van der Waals surface area contributed by atoms with Crippen molar-refractivity contribution in [2.24, 2.45) is 17.6 Å². The van der Waals surface area contributed by atoms with Gasteiger partial charge in [0.1, 0.15) is 52.1 Å². The third-order valence-corrected chi connectivity index (χ3v) is 13.3. The number of carboxylic acid groups (broad SMARTS) is 2. The third kappa shape index (κ3) is 24.1. The molecule has 26 nitrogen and oxygen atoms in total. The number of nitrogens with two attached hydrogens (primary N) is 1. The number of nitrogens with zero attached hydrogens (tertiary/aromatic N) is 5. The number of aromatic amines is 1. The fourth-order valence-electron chi connectivity index (χ4n) is 7.79. The third-order valence-electron chi connectivity index (χ3n) is 12.7. The predicted molar refractivity (Wildman–Crippen MR) is 331 cm³/mol. The monoisotopic (exact) mass is 1340 g/mol. The van der Waals surface area contributed by atoms with Gasteiger partial charge in [-0.05, 0) is 97.3 Å². The minimum atomic E-state index is -1.86. The molecule has 0 radical (unpaired) electrons. The van der Waals surface area contributed by atoms with Crippen molar-refractivity contribution < 1.29 is 86.6 Å². The first-order valence-corrected chi connectivity index (χ1v) is 29.2. The van der Waals surface area contributed by atoms with Crippen molar-refractivity contribution in [3.63, 3.8) is 0 Å². The van der Waals surface area contributed by atoms with E-state index in [9.17, 15) is 67.3 Å². The lowest BCUT2D eigenvalue weighted by molar-refractivity contribution is -0.151. The van der Waals surface area contributed by atoms with Crippen LogP contribution in [-0.4, -0.2) is 153 Å². The van der Waals surface area contributed by atoms with E-state index in [2.05, 4.69) is 36.2 Å². The molecule has 0 spiro atoms. The summed E-state index contributed by atoms with van der Waals surface area (Å²) in [6.07, 6.45) is -4.27. The molecule has 0 unspecified atom stereocenters. The number of hydrazine groups is 2. The second-order valence-electron chi connectivity index (χ2n) is 22.0. The molecule has 496 valence electrons. The zero-order valence-electron chi connectivity index (χ0n) is 51.3. The van der Waals surface area contributed by atoms with E-state index in [1.165, 1.54) is 67.4 Å². The number of aliphatic carboxylic acids is 2. The van der Waals surface area contributed by atoms with Gasteiger partial charge in [0, 0.05) is 54.2 Å². The van der Waals surface area contributed by atoms with Crippen molar-refractivity contribution in [1.29, 1.82) is 0 Å². The number of benzene rings is 4. The molecule has 92 heavy (non-hydrogen) atoms. The summed E-state index contributed by atoms with van der Waals surface area (Å²) in [6.45, 7) is 13.3. The van der Waals surface area contributed by atoms with Crippen molar-refractivity contribution in [3.05, 3.63) is 153 Å². The SMILES string of the molecule is CC(=O)c1cc(C(=O)NN(Cc2ccc(-c3cc(Cl)ccc3F)cc2)C[C@@H](O)C(=O)O)[nH]n1.CC(=O)c1cc(C(=O)NN(Cc2ccc(-c3cc(Cl)ccc3F)cc2)C[C@@H](O)C(=O)O)n(COC(=O)[C@@H](N)C(C)C)n1.CC(C)[C@H](NC(=O)OC(C)(C)C)C(=O)OCCl. The topological polar surface area (TPSA) is 377 Å². The largest absolute Gasteiger partial charge is 0.479 e. The molecule has 6 rings (SSSR count). The summed E-state index contributed by atoms with van der Waals surface area (Å²) in [5, 5.41) is 53.8. The van der Waals surface area contributed by atoms with E-state index in [1.807, 2.05) is 0 Å². The smallest absolute Gasteiger partial charge is 0.408 e. The Labute approximate surface area is 542 Å². The van der Waals surface area contributed by atoms with Crippen LogP contribution in [0.15, 0.2) is 97.1 Å². The number of Topliss-reactive ketones (excluding diaryl/α,β-unsaturated/α-hetero) is 2. The molecule has 0 bridgehead atoms. The van der Waals surface area contributed by atoms with Gasteiger partial charge in [-0.1, -0.05) is 111 Å². The number of carbonyl (C=O) groups is 9. The molecule has 3 amide bonds. The Kier molecular flexibility index (Phi) is 29.0. The maximum absolute atomic E-state index is 14.3. The van der Waals surface area contributed by atoms with Gasteiger partial charge in [0.2, 0.25) is 0 Å². The number of aromatic nitrogens is 4.